The van der Waals surface area contributed by atoms with Gasteiger partial charge in [0.1, 0.15) is 33.5 Å². The topological polar surface area (TPSA) is 82.1 Å². The molecule has 1 amide bonds. The highest BCUT2D eigenvalue weighted by atomic mass is 32.2. The fraction of sp³-hybridized carbons (Fsp3) is 0.240. The lowest BCUT2D eigenvalue weighted by Gasteiger charge is -2.24. The van der Waals surface area contributed by atoms with E-state index in [2.05, 4.69) is 0 Å². The van der Waals surface area contributed by atoms with Crippen molar-refractivity contribution in [3.8, 4) is 17.2 Å². The van der Waals surface area contributed by atoms with Crippen LogP contribution in [0, 0.1) is 5.82 Å². The summed E-state index contributed by atoms with van der Waals surface area (Å²) in [7, 11) is -1.08. The minimum absolute atomic E-state index is 0.108. The van der Waals surface area contributed by atoms with Gasteiger partial charge < -0.3 is 18.6 Å². The van der Waals surface area contributed by atoms with Gasteiger partial charge in [0.25, 0.3) is 5.91 Å². The quantitative estimate of drug-likeness (QED) is 0.418. The summed E-state index contributed by atoms with van der Waals surface area (Å²) in [5, 5.41) is 0. The zero-order valence-electron chi connectivity index (χ0n) is 18.7. The van der Waals surface area contributed by atoms with E-state index in [-0.39, 0.29) is 22.6 Å². The van der Waals surface area contributed by atoms with Crippen LogP contribution in [0.15, 0.2) is 71.6 Å². The van der Waals surface area contributed by atoms with Gasteiger partial charge >= 0.3 is 10.1 Å². The van der Waals surface area contributed by atoms with Crippen molar-refractivity contribution in [3.63, 3.8) is 0 Å². The molecule has 4 rings (SSSR count). The highest BCUT2D eigenvalue weighted by molar-refractivity contribution is 7.87. The van der Waals surface area contributed by atoms with Gasteiger partial charge in [-0.25, -0.2) is 4.39 Å². The highest BCUT2D eigenvalue weighted by Crippen LogP contribution is 2.35. The fourth-order valence-corrected chi connectivity index (χ4v) is 4.51. The Balaban J connectivity index is 1.52. The van der Waals surface area contributed by atoms with Crippen molar-refractivity contribution in [1.82, 2.24) is 4.90 Å². The van der Waals surface area contributed by atoms with Gasteiger partial charge in [-0.15, -0.1) is 0 Å². The number of carbonyl (C=O) groups excluding carboxylic acids is 1. The molecule has 3 aromatic carbocycles. The third-order valence-electron chi connectivity index (χ3n) is 5.47. The van der Waals surface area contributed by atoms with Crippen LogP contribution >= 0.6 is 0 Å². The molecule has 0 aromatic heterocycles. The summed E-state index contributed by atoms with van der Waals surface area (Å²) in [6, 6.07) is 16.2. The normalized spacial score (nSPS) is 13.3. The number of hydrogen-bond acceptors (Lipinski definition) is 6. The number of carbonyl (C=O) groups is 1. The Bertz CT molecular complexity index is 1250. The average molecular weight is 486 g/mol. The number of hydrogen-bond donors (Lipinski definition) is 0. The highest BCUT2D eigenvalue weighted by Gasteiger charge is 2.35. The van der Waals surface area contributed by atoms with Crippen molar-refractivity contribution in [3.05, 3.63) is 83.7 Å². The standard InChI is InChI=1S/C25H24FNO6S/c1-31-22-4-3-5-23(32-2)24(22)25(28)27(19-10-11-19)16-17-6-12-20(13-7-17)33-34(29,30)21-14-8-18(26)9-15-21/h3-9,12-15,19H,10-11,16H2,1-2H3. The minimum Gasteiger partial charge on any atom is -0.496 e. The van der Waals surface area contributed by atoms with Crippen LogP contribution in [0.5, 0.6) is 17.2 Å². The zero-order valence-corrected chi connectivity index (χ0v) is 19.5. The second-order valence-electron chi connectivity index (χ2n) is 7.84. The molecule has 0 atom stereocenters. The monoisotopic (exact) mass is 485 g/mol. The second kappa shape index (κ2) is 9.72. The second-order valence-corrected chi connectivity index (χ2v) is 9.38. The van der Waals surface area contributed by atoms with Crippen LogP contribution in [-0.4, -0.2) is 39.5 Å². The summed E-state index contributed by atoms with van der Waals surface area (Å²) in [4.78, 5) is 15.1. The van der Waals surface area contributed by atoms with E-state index in [1.54, 1.807) is 35.2 Å². The first-order chi connectivity index (χ1) is 16.3. The lowest BCUT2D eigenvalue weighted by atomic mass is 10.1. The molecule has 7 nitrogen and oxygen atoms in total. The van der Waals surface area contributed by atoms with Crippen LogP contribution in [-0.2, 0) is 16.7 Å². The Hall–Kier alpha value is -3.59. The lowest BCUT2D eigenvalue weighted by molar-refractivity contribution is 0.0723. The number of amides is 1. The zero-order chi connectivity index (χ0) is 24.3. The van der Waals surface area contributed by atoms with Crippen molar-refractivity contribution < 1.29 is 31.3 Å². The Kier molecular flexibility index (Phi) is 6.74. The van der Waals surface area contributed by atoms with Crippen LogP contribution in [0.4, 0.5) is 4.39 Å². The predicted molar refractivity (Wildman–Crippen MR) is 123 cm³/mol. The maximum atomic E-state index is 13.5. The molecule has 0 heterocycles. The first kappa shape index (κ1) is 23.6. The smallest absolute Gasteiger partial charge is 0.339 e. The van der Waals surface area contributed by atoms with E-state index in [9.17, 15) is 17.6 Å². The summed E-state index contributed by atoms with van der Waals surface area (Å²) in [6.45, 7) is 0.329. The number of nitrogens with zero attached hydrogens (tertiary/aromatic N) is 1. The molecule has 1 aliphatic carbocycles. The average Bonchev–Trinajstić information content (AvgIpc) is 3.68. The largest absolute Gasteiger partial charge is 0.496 e. The van der Waals surface area contributed by atoms with Crippen molar-refractivity contribution in [2.75, 3.05) is 14.2 Å². The Morgan fingerprint density at radius 3 is 2.06 bits per heavy atom. The molecule has 0 N–H and O–H groups in total. The van der Waals surface area contributed by atoms with Gasteiger partial charge in [-0.2, -0.15) is 8.42 Å². The molecule has 1 fully saturated rings. The molecule has 34 heavy (non-hydrogen) atoms. The van der Waals surface area contributed by atoms with Crippen molar-refractivity contribution in [1.29, 1.82) is 0 Å². The molecule has 0 spiro atoms. The van der Waals surface area contributed by atoms with Gasteiger partial charge in [-0.1, -0.05) is 18.2 Å². The van der Waals surface area contributed by atoms with Crippen LogP contribution in [0.25, 0.3) is 0 Å². The van der Waals surface area contributed by atoms with Gasteiger partial charge in [-0.05, 0) is 66.9 Å². The van der Waals surface area contributed by atoms with E-state index < -0.39 is 15.9 Å². The van der Waals surface area contributed by atoms with Crippen molar-refractivity contribution in [2.24, 2.45) is 0 Å². The van der Waals surface area contributed by atoms with Crippen LogP contribution < -0.4 is 13.7 Å². The van der Waals surface area contributed by atoms with Gasteiger partial charge in [0.05, 0.1) is 14.2 Å². The SMILES string of the molecule is COc1cccc(OC)c1C(=O)N(Cc1ccc(OS(=O)(=O)c2ccc(F)cc2)cc1)C1CC1. The van der Waals surface area contributed by atoms with E-state index in [0.717, 1.165) is 42.7 Å². The predicted octanol–water partition coefficient (Wildman–Crippen LogP) is 4.42. The van der Waals surface area contributed by atoms with Crippen LogP contribution in [0.3, 0.4) is 0 Å². The van der Waals surface area contributed by atoms with Crippen molar-refractivity contribution in [2.45, 2.75) is 30.3 Å². The van der Waals surface area contributed by atoms with Crippen LogP contribution in [0.2, 0.25) is 0 Å². The third-order valence-corrected chi connectivity index (χ3v) is 6.74. The Morgan fingerprint density at radius 2 is 1.53 bits per heavy atom. The third kappa shape index (κ3) is 5.14. The maximum Gasteiger partial charge on any atom is 0.339 e. The Morgan fingerprint density at radius 1 is 0.941 bits per heavy atom. The van der Waals surface area contributed by atoms with Gasteiger partial charge in [-0.3, -0.25) is 4.79 Å². The number of benzene rings is 3. The first-order valence-corrected chi connectivity index (χ1v) is 12.0. The molecule has 1 aliphatic rings. The summed E-state index contributed by atoms with van der Waals surface area (Å²) >= 11 is 0. The van der Waals surface area contributed by atoms with Gasteiger partial charge in [0.15, 0.2) is 0 Å². The molecule has 9 heteroatoms. The van der Waals surface area contributed by atoms with E-state index in [1.165, 1.54) is 26.4 Å². The number of halogens is 1. The molecular formula is C25H24FNO6S. The molecule has 178 valence electrons. The lowest BCUT2D eigenvalue weighted by Crippen LogP contribution is -2.33. The molecule has 0 radical (unpaired) electrons. The van der Waals surface area contributed by atoms with E-state index in [0.29, 0.717) is 23.6 Å². The minimum atomic E-state index is -4.09. The maximum absolute atomic E-state index is 13.5. The molecule has 0 unspecified atom stereocenters. The summed E-state index contributed by atoms with van der Waals surface area (Å²) in [5.74, 6) is 0.248. The molecule has 3 aromatic rings. The van der Waals surface area contributed by atoms with E-state index in [4.69, 9.17) is 13.7 Å². The number of methoxy groups -OCH3 is 2. The van der Waals surface area contributed by atoms with Gasteiger partial charge in [0, 0.05) is 12.6 Å². The van der Waals surface area contributed by atoms with E-state index in [1.807, 2.05) is 0 Å². The summed E-state index contributed by atoms with van der Waals surface area (Å²) in [6.07, 6.45) is 1.81. The summed E-state index contributed by atoms with van der Waals surface area (Å²) < 4.78 is 53.9. The number of ether oxygens (including phenoxy) is 2. The molecule has 0 bridgehead atoms. The molecule has 1 saturated carbocycles. The van der Waals surface area contributed by atoms with Crippen molar-refractivity contribution >= 4 is 16.0 Å². The van der Waals surface area contributed by atoms with Gasteiger partial charge in [0.2, 0.25) is 0 Å². The van der Waals surface area contributed by atoms with Crippen LogP contribution in [0.1, 0.15) is 28.8 Å². The number of rotatable bonds is 9. The summed E-state index contributed by atoms with van der Waals surface area (Å²) in [5.41, 5.74) is 1.17. The Labute approximate surface area is 197 Å². The molecule has 0 aliphatic heterocycles. The fourth-order valence-electron chi connectivity index (χ4n) is 3.58. The van der Waals surface area contributed by atoms with E-state index >= 15 is 0 Å². The molecule has 0 saturated heterocycles. The molecular weight excluding hydrogens is 461 g/mol. The first-order valence-electron chi connectivity index (χ1n) is 10.6.